The highest BCUT2D eigenvalue weighted by Gasteiger charge is 2.18. The van der Waals surface area contributed by atoms with E-state index in [1.54, 1.807) is 0 Å². The molecule has 1 saturated carbocycles. The Morgan fingerprint density at radius 1 is 0.885 bits per heavy atom. The van der Waals surface area contributed by atoms with Crippen molar-refractivity contribution in [2.45, 2.75) is 38.1 Å². The quantitative estimate of drug-likeness (QED) is 0.586. The van der Waals surface area contributed by atoms with Gasteiger partial charge in [0.1, 0.15) is 11.5 Å². The summed E-state index contributed by atoms with van der Waals surface area (Å²) < 4.78 is 1.85. The van der Waals surface area contributed by atoms with Crippen LogP contribution in [0.1, 0.15) is 32.1 Å². The number of benzene rings is 2. The first-order chi connectivity index (χ1) is 12.9. The van der Waals surface area contributed by atoms with Crippen molar-refractivity contribution in [3.8, 4) is 11.3 Å². The number of rotatable bonds is 3. The molecule has 0 saturated heterocycles. The molecule has 1 N–H and O–H groups in total. The molecule has 130 valence electrons. The fourth-order valence-electron chi connectivity index (χ4n) is 3.90. The molecule has 1 aliphatic carbocycles. The highest BCUT2D eigenvalue weighted by Crippen LogP contribution is 2.29. The molecule has 0 radical (unpaired) electrons. The Hall–Kier alpha value is -2.95. The lowest BCUT2D eigenvalue weighted by atomic mass is 9.95. The molecule has 5 rings (SSSR count). The third kappa shape index (κ3) is 2.60. The van der Waals surface area contributed by atoms with Gasteiger partial charge in [-0.15, -0.1) is 5.10 Å². The summed E-state index contributed by atoms with van der Waals surface area (Å²) in [6, 6.07) is 18.9. The van der Waals surface area contributed by atoms with Crippen molar-refractivity contribution in [2.75, 3.05) is 5.32 Å². The number of nitrogens with zero attached hydrogens (tertiary/aromatic N) is 4. The molecule has 0 bridgehead atoms. The van der Waals surface area contributed by atoms with Crippen LogP contribution in [0, 0.1) is 0 Å². The number of aromatic nitrogens is 4. The van der Waals surface area contributed by atoms with E-state index in [-0.39, 0.29) is 0 Å². The number of hydrogen-bond acceptors (Lipinski definition) is 4. The van der Waals surface area contributed by atoms with Crippen molar-refractivity contribution >= 4 is 22.4 Å². The number of nitrogens with one attached hydrogen (secondary N) is 1. The lowest BCUT2D eigenvalue weighted by Crippen LogP contribution is -2.23. The zero-order chi connectivity index (χ0) is 17.3. The normalized spacial score (nSPS) is 15.5. The number of anilines is 1. The zero-order valence-corrected chi connectivity index (χ0v) is 14.6. The molecule has 1 fully saturated rings. The van der Waals surface area contributed by atoms with Crippen molar-refractivity contribution in [3.63, 3.8) is 0 Å². The third-order valence-corrected chi connectivity index (χ3v) is 5.24. The second-order valence-corrected chi connectivity index (χ2v) is 7.00. The van der Waals surface area contributed by atoms with Gasteiger partial charge in [-0.25, -0.2) is 4.98 Å². The Labute approximate surface area is 152 Å². The van der Waals surface area contributed by atoms with Crippen molar-refractivity contribution in [1.82, 2.24) is 19.8 Å². The van der Waals surface area contributed by atoms with Gasteiger partial charge in [-0.2, -0.15) is 4.52 Å². The Balaban J connectivity index is 1.69. The fourth-order valence-corrected chi connectivity index (χ4v) is 3.90. The second kappa shape index (κ2) is 6.41. The van der Waals surface area contributed by atoms with E-state index in [0.717, 1.165) is 33.6 Å². The molecule has 0 atom stereocenters. The SMILES string of the molecule is c1ccc(-c2nnn3c2nc(NC2CCCCC2)c2ccccc23)cc1. The van der Waals surface area contributed by atoms with Crippen LogP contribution in [0.2, 0.25) is 0 Å². The van der Waals surface area contributed by atoms with Crippen molar-refractivity contribution in [1.29, 1.82) is 0 Å². The van der Waals surface area contributed by atoms with Crippen LogP contribution in [-0.4, -0.2) is 25.9 Å². The first-order valence-electron chi connectivity index (χ1n) is 9.36. The molecule has 0 aliphatic heterocycles. The molecule has 2 heterocycles. The molecular formula is C21H21N5. The van der Waals surface area contributed by atoms with Gasteiger partial charge in [0.2, 0.25) is 0 Å². The summed E-state index contributed by atoms with van der Waals surface area (Å²) >= 11 is 0. The third-order valence-electron chi connectivity index (χ3n) is 5.24. The van der Waals surface area contributed by atoms with Gasteiger partial charge in [0, 0.05) is 17.0 Å². The summed E-state index contributed by atoms with van der Waals surface area (Å²) in [5.41, 5.74) is 3.69. The molecule has 5 heteroatoms. The maximum absolute atomic E-state index is 4.96. The van der Waals surface area contributed by atoms with Crippen LogP contribution in [0.15, 0.2) is 54.6 Å². The lowest BCUT2D eigenvalue weighted by Gasteiger charge is -2.24. The summed E-state index contributed by atoms with van der Waals surface area (Å²) in [6.07, 6.45) is 6.35. The standard InChI is InChI=1S/C21H21N5/c1-3-9-15(10-4-1)19-21-23-20(22-16-11-5-2-6-12-16)17-13-7-8-14-18(17)26(21)25-24-19/h1,3-4,7-10,13-14,16H,2,5-6,11-12H2,(H,22,23). The van der Waals surface area contributed by atoms with Crippen molar-refractivity contribution in [3.05, 3.63) is 54.6 Å². The van der Waals surface area contributed by atoms with E-state index in [9.17, 15) is 0 Å². The van der Waals surface area contributed by atoms with Crippen LogP contribution in [0.25, 0.3) is 27.8 Å². The Morgan fingerprint density at radius 3 is 2.50 bits per heavy atom. The second-order valence-electron chi connectivity index (χ2n) is 7.00. The Morgan fingerprint density at radius 2 is 1.65 bits per heavy atom. The predicted octanol–water partition coefficient (Wildman–Crippen LogP) is 4.69. The predicted molar refractivity (Wildman–Crippen MR) is 104 cm³/mol. The summed E-state index contributed by atoms with van der Waals surface area (Å²) in [7, 11) is 0. The highest BCUT2D eigenvalue weighted by molar-refractivity contribution is 5.93. The molecule has 2 aromatic carbocycles. The monoisotopic (exact) mass is 343 g/mol. The van der Waals surface area contributed by atoms with E-state index in [0.29, 0.717) is 6.04 Å². The van der Waals surface area contributed by atoms with E-state index in [1.165, 1.54) is 32.1 Å². The van der Waals surface area contributed by atoms with Gasteiger partial charge in [-0.05, 0) is 25.0 Å². The Kier molecular flexibility index (Phi) is 3.77. The molecule has 0 amide bonds. The highest BCUT2D eigenvalue weighted by atomic mass is 15.4. The zero-order valence-electron chi connectivity index (χ0n) is 14.6. The first kappa shape index (κ1) is 15.3. The van der Waals surface area contributed by atoms with E-state index in [1.807, 2.05) is 28.8 Å². The molecular weight excluding hydrogens is 322 g/mol. The van der Waals surface area contributed by atoms with E-state index >= 15 is 0 Å². The number of para-hydroxylation sites is 1. The molecule has 26 heavy (non-hydrogen) atoms. The van der Waals surface area contributed by atoms with Gasteiger partial charge in [0.15, 0.2) is 5.65 Å². The molecule has 2 aromatic heterocycles. The van der Waals surface area contributed by atoms with Gasteiger partial charge < -0.3 is 5.32 Å². The van der Waals surface area contributed by atoms with Crippen LogP contribution in [-0.2, 0) is 0 Å². The Bertz CT molecular complexity index is 1050. The van der Waals surface area contributed by atoms with Crippen LogP contribution < -0.4 is 5.32 Å². The van der Waals surface area contributed by atoms with Gasteiger partial charge in [0.25, 0.3) is 0 Å². The molecule has 0 spiro atoms. The molecule has 0 unspecified atom stereocenters. The van der Waals surface area contributed by atoms with Crippen molar-refractivity contribution in [2.24, 2.45) is 0 Å². The summed E-state index contributed by atoms with van der Waals surface area (Å²) in [4.78, 5) is 4.96. The minimum Gasteiger partial charge on any atom is -0.367 e. The van der Waals surface area contributed by atoms with Crippen LogP contribution in [0.3, 0.4) is 0 Å². The smallest absolute Gasteiger partial charge is 0.186 e. The maximum atomic E-state index is 4.96. The fraction of sp³-hybridized carbons (Fsp3) is 0.286. The van der Waals surface area contributed by atoms with Crippen molar-refractivity contribution < 1.29 is 0 Å². The number of hydrogen-bond donors (Lipinski definition) is 1. The van der Waals surface area contributed by atoms with Gasteiger partial charge in [-0.1, -0.05) is 66.9 Å². The van der Waals surface area contributed by atoms with Crippen LogP contribution >= 0.6 is 0 Å². The first-order valence-corrected chi connectivity index (χ1v) is 9.36. The largest absolute Gasteiger partial charge is 0.367 e. The lowest BCUT2D eigenvalue weighted by molar-refractivity contribution is 0.462. The van der Waals surface area contributed by atoms with Gasteiger partial charge in [-0.3, -0.25) is 0 Å². The summed E-state index contributed by atoms with van der Waals surface area (Å²) in [5, 5.41) is 13.6. The summed E-state index contributed by atoms with van der Waals surface area (Å²) in [6.45, 7) is 0. The van der Waals surface area contributed by atoms with Crippen LogP contribution in [0.5, 0.6) is 0 Å². The minimum absolute atomic E-state index is 0.498. The van der Waals surface area contributed by atoms with E-state index in [2.05, 4.69) is 46.0 Å². The van der Waals surface area contributed by atoms with Gasteiger partial charge >= 0.3 is 0 Å². The van der Waals surface area contributed by atoms with Crippen LogP contribution in [0.4, 0.5) is 5.82 Å². The summed E-state index contributed by atoms with van der Waals surface area (Å²) in [5.74, 6) is 0.944. The molecule has 5 nitrogen and oxygen atoms in total. The molecule has 1 aliphatic rings. The minimum atomic E-state index is 0.498. The average Bonchev–Trinajstić information content (AvgIpc) is 3.14. The number of fused-ring (bicyclic) bond motifs is 3. The average molecular weight is 343 g/mol. The topological polar surface area (TPSA) is 55.1 Å². The van der Waals surface area contributed by atoms with E-state index < -0.39 is 0 Å². The maximum Gasteiger partial charge on any atom is 0.186 e. The molecule has 4 aromatic rings. The van der Waals surface area contributed by atoms with Gasteiger partial charge in [0.05, 0.1) is 5.52 Å². The van der Waals surface area contributed by atoms with E-state index in [4.69, 9.17) is 4.98 Å².